The van der Waals surface area contributed by atoms with Crippen molar-refractivity contribution in [1.29, 1.82) is 5.26 Å². The molecule has 3 rings (SSSR count). The van der Waals surface area contributed by atoms with Gasteiger partial charge in [0.1, 0.15) is 23.4 Å². The van der Waals surface area contributed by atoms with Crippen LogP contribution in [0.15, 0.2) is 30.3 Å². The molecule has 0 radical (unpaired) electrons. The Morgan fingerprint density at radius 1 is 1.26 bits per heavy atom. The summed E-state index contributed by atoms with van der Waals surface area (Å²) in [5.41, 5.74) is 1.57. The van der Waals surface area contributed by atoms with Gasteiger partial charge >= 0.3 is 0 Å². The van der Waals surface area contributed by atoms with Crippen LogP contribution in [0.1, 0.15) is 34.7 Å². The number of rotatable bonds is 3. The van der Waals surface area contributed by atoms with E-state index in [1.165, 1.54) is 0 Å². The molecule has 1 amide bonds. The second-order valence-corrected chi connectivity index (χ2v) is 5.47. The third-order valence-corrected chi connectivity index (χ3v) is 3.76. The van der Waals surface area contributed by atoms with Gasteiger partial charge in [-0.3, -0.25) is 4.79 Å². The van der Waals surface area contributed by atoms with E-state index in [0.29, 0.717) is 28.6 Å². The van der Waals surface area contributed by atoms with Gasteiger partial charge in [0.25, 0.3) is 5.91 Å². The molecule has 0 unspecified atom stereocenters. The Kier molecular flexibility index (Phi) is 4.20. The van der Waals surface area contributed by atoms with Crippen LogP contribution in [0.3, 0.4) is 0 Å². The quantitative estimate of drug-likeness (QED) is 0.942. The number of nitriles is 1. The van der Waals surface area contributed by atoms with Crippen molar-refractivity contribution in [3.63, 3.8) is 0 Å². The highest BCUT2D eigenvalue weighted by Crippen LogP contribution is 2.20. The maximum Gasteiger partial charge on any atom is 0.272 e. The van der Waals surface area contributed by atoms with Crippen LogP contribution in [0.5, 0.6) is 0 Å². The van der Waals surface area contributed by atoms with E-state index < -0.39 is 0 Å². The number of aryl methyl sites for hydroxylation is 1. The Balaban J connectivity index is 1.88. The van der Waals surface area contributed by atoms with E-state index in [0.717, 1.165) is 25.9 Å². The molecule has 0 saturated carbocycles. The molecule has 1 aliphatic heterocycles. The lowest BCUT2D eigenvalue weighted by atomic mass is 10.2. The zero-order chi connectivity index (χ0) is 16.2. The van der Waals surface area contributed by atoms with Gasteiger partial charge in [0.15, 0.2) is 0 Å². The van der Waals surface area contributed by atoms with Crippen LogP contribution in [0, 0.1) is 18.3 Å². The number of nitrogens with one attached hydrogen (secondary N) is 1. The van der Waals surface area contributed by atoms with Gasteiger partial charge in [0.2, 0.25) is 0 Å². The molecule has 6 heteroatoms. The molecule has 1 aromatic carbocycles. The maximum absolute atomic E-state index is 12.5. The predicted molar refractivity (Wildman–Crippen MR) is 86.3 cm³/mol. The molecule has 1 N–H and O–H groups in total. The van der Waals surface area contributed by atoms with E-state index in [-0.39, 0.29) is 5.91 Å². The van der Waals surface area contributed by atoms with E-state index in [9.17, 15) is 4.79 Å². The molecule has 1 aromatic heterocycles. The van der Waals surface area contributed by atoms with Crippen LogP contribution < -0.4 is 5.32 Å². The highest BCUT2D eigenvalue weighted by atomic mass is 16.2. The first-order valence-corrected chi connectivity index (χ1v) is 7.58. The molecule has 1 aliphatic rings. The Hall–Kier alpha value is -2.94. The molecular weight excluding hydrogens is 290 g/mol. The molecule has 2 heterocycles. The Morgan fingerprint density at radius 2 is 2.00 bits per heavy atom. The number of benzene rings is 1. The van der Waals surface area contributed by atoms with Gasteiger partial charge in [-0.05, 0) is 31.9 Å². The summed E-state index contributed by atoms with van der Waals surface area (Å²) in [5.74, 6) is 0.972. The van der Waals surface area contributed by atoms with Crippen LogP contribution >= 0.6 is 0 Å². The lowest BCUT2D eigenvalue weighted by Gasteiger charge is -2.15. The van der Waals surface area contributed by atoms with Gasteiger partial charge < -0.3 is 10.2 Å². The number of hydrogen-bond acceptors (Lipinski definition) is 5. The molecule has 6 nitrogen and oxygen atoms in total. The summed E-state index contributed by atoms with van der Waals surface area (Å²) in [6, 6.07) is 10.9. The summed E-state index contributed by atoms with van der Waals surface area (Å²) in [7, 11) is 0. The zero-order valence-corrected chi connectivity index (χ0v) is 12.9. The minimum Gasteiger partial charge on any atom is -0.339 e. The van der Waals surface area contributed by atoms with Gasteiger partial charge in [-0.2, -0.15) is 5.26 Å². The third-order valence-electron chi connectivity index (χ3n) is 3.76. The van der Waals surface area contributed by atoms with Crippen LogP contribution in [0.25, 0.3) is 0 Å². The largest absolute Gasteiger partial charge is 0.339 e. The van der Waals surface area contributed by atoms with Crippen molar-refractivity contribution in [2.75, 3.05) is 18.4 Å². The third kappa shape index (κ3) is 3.29. The lowest BCUT2D eigenvalue weighted by Crippen LogP contribution is -2.28. The highest BCUT2D eigenvalue weighted by molar-refractivity contribution is 5.93. The van der Waals surface area contributed by atoms with E-state index in [1.54, 1.807) is 31.2 Å². The van der Waals surface area contributed by atoms with E-state index >= 15 is 0 Å². The second kappa shape index (κ2) is 6.44. The van der Waals surface area contributed by atoms with Gasteiger partial charge in [-0.1, -0.05) is 12.1 Å². The number of carbonyl (C=O) groups excluding carboxylic acids is 1. The molecule has 0 bridgehead atoms. The molecule has 23 heavy (non-hydrogen) atoms. The first-order chi connectivity index (χ1) is 11.2. The van der Waals surface area contributed by atoms with Gasteiger partial charge in [-0.25, -0.2) is 9.97 Å². The average Bonchev–Trinajstić information content (AvgIpc) is 3.08. The fraction of sp³-hybridized carbons (Fsp3) is 0.294. The highest BCUT2D eigenvalue weighted by Gasteiger charge is 2.21. The summed E-state index contributed by atoms with van der Waals surface area (Å²) < 4.78 is 0. The fourth-order valence-corrected chi connectivity index (χ4v) is 2.65. The Labute approximate surface area is 134 Å². The number of para-hydroxylation sites is 1. The van der Waals surface area contributed by atoms with Crippen LogP contribution in [0.2, 0.25) is 0 Å². The first-order valence-electron chi connectivity index (χ1n) is 7.58. The lowest BCUT2D eigenvalue weighted by molar-refractivity contribution is 0.0786. The Bertz CT molecular complexity index is 775. The minimum atomic E-state index is -0.0652. The van der Waals surface area contributed by atoms with E-state index in [4.69, 9.17) is 5.26 Å². The average molecular weight is 307 g/mol. The van der Waals surface area contributed by atoms with Crippen LogP contribution in [-0.4, -0.2) is 33.9 Å². The molecule has 0 spiro atoms. The number of nitrogens with zero attached hydrogens (tertiary/aromatic N) is 4. The zero-order valence-electron chi connectivity index (χ0n) is 12.9. The van der Waals surface area contributed by atoms with Crippen molar-refractivity contribution in [3.05, 3.63) is 47.4 Å². The van der Waals surface area contributed by atoms with Crippen molar-refractivity contribution in [3.8, 4) is 6.07 Å². The van der Waals surface area contributed by atoms with Crippen molar-refractivity contribution in [2.45, 2.75) is 19.8 Å². The molecule has 1 fully saturated rings. The minimum absolute atomic E-state index is 0.0652. The molecule has 1 saturated heterocycles. The normalized spacial score (nSPS) is 13.7. The summed E-state index contributed by atoms with van der Waals surface area (Å²) in [4.78, 5) is 22.9. The van der Waals surface area contributed by atoms with Crippen LogP contribution in [-0.2, 0) is 0 Å². The SMILES string of the molecule is Cc1nc(Nc2ccccc2C#N)cc(C(=O)N2CCCC2)n1. The molecule has 0 atom stereocenters. The summed E-state index contributed by atoms with van der Waals surface area (Å²) >= 11 is 0. The Morgan fingerprint density at radius 3 is 2.74 bits per heavy atom. The van der Waals surface area contributed by atoms with Gasteiger partial charge in [0.05, 0.1) is 11.3 Å². The van der Waals surface area contributed by atoms with Crippen molar-refractivity contribution in [2.24, 2.45) is 0 Å². The van der Waals surface area contributed by atoms with E-state index in [1.807, 2.05) is 11.0 Å². The van der Waals surface area contributed by atoms with Crippen LogP contribution in [0.4, 0.5) is 11.5 Å². The monoisotopic (exact) mass is 307 g/mol. The summed E-state index contributed by atoms with van der Waals surface area (Å²) in [6.07, 6.45) is 2.08. The molecular formula is C17H17N5O. The van der Waals surface area contributed by atoms with Crippen molar-refractivity contribution >= 4 is 17.4 Å². The number of amides is 1. The number of anilines is 2. The predicted octanol–water partition coefficient (Wildman–Crippen LogP) is 2.64. The smallest absolute Gasteiger partial charge is 0.272 e. The van der Waals surface area contributed by atoms with Gasteiger partial charge in [0, 0.05) is 19.2 Å². The van der Waals surface area contributed by atoms with Gasteiger partial charge in [-0.15, -0.1) is 0 Å². The molecule has 0 aliphatic carbocycles. The number of aromatic nitrogens is 2. The topological polar surface area (TPSA) is 81.9 Å². The second-order valence-electron chi connectivity index (χ2n) is 5.47. The number of hydrogen-bond donors (Lipinski definition) is 1. The maximum atomic E-state index is 12.5. The summed E-state index contributed by atoms with van der Waals surface area (Å²) in [6.45, 7) is 3.31. The summed E-state index contributed by atoms with van der Waals surface area (Å²) in [5, 5.41) is 12.3. The standard InChI is InChI=1S/C17H17N5O/c1-12-19-15(17(23)22-8-4-5-9-22)10-16(20-12)21-14-7-3-2-6-13(14)11-18/h2-3,6-7,10H,4-5,8-9H2,1H3,(H,19,20,21). The number of carbonyl (C=O) groups is 1. The molecule has 116 valence electrons. The molecule has 2 aromatic rings. The number of likely N-dealkylation sites (tertiary alicyclic amines) is 1. The van der Waals surface area contributed by atoms with Crippen molar-refractivity contribution in [1.82, 2.24) is 14.9 Å². The van der Waals surface area contributed by atoms with Crippen molar-refractivity contribution < 1.29 is 4.79 Å². The van der Waals surface area contributed by atoms with E-state index in [2.05, 4.69) is 21.4 Å². The first kappa shape index (κ1) is 15.0. The fourth-order valence-electron chi connectivity index (χ4n) is 2.65.